The van der Waals surface area contributed by atoms with Gasteiger partial charge < -0.3 is 10.2 Å². The molecule has 100 valence electrons. The molecule has 1 atom stereocenters. The van der Waals surface area contributed by atoms with Crippen LogP contribution in [-0.2, 0) is 0 Å². The van der Waals surface area contributed by atoms with E-state index in [1.54, 1.807) is 0 Å². The summed E-state index contributed by atoms with van der Waals surface area (Å²) in [5.41, 5.74) is 0.391. The zero-order valence-corrected chi connectivity index (χ0v) is 12.3. The molecule has 0 aliphatic carbocycles. The summed E-state index contributed by atoms with van der Waals surface area (Å²) in [5, 5.41) is 3.80. The van der Waals surface area contributed by atoms with Crippen LogP contribution in [0.5, 0.6) is 0 Å². The summed E-state index contributed by atoms with van der Waals surface area (Å²) in [6.45, 7) is 9.79. The van der Waals surface area contributed by atoms with Gasteiger partial charge >= 0.3 is 0 Å². The van der Waals surface area contributed by atoms with Crippen LogP contribution < -0.4 is 5.32 Å². The third-order valence-electron chi connectivity index (χ3n) is 4.57. The largest absolute Gasteiger partial charge is 0.310 e. The van der Waals surface area contributed by atoms with Crippen molar-refractivity contribution in [3.05, 3.63) is 0 Å². The molecular weight excluding hydrogens is 228 g/mol. The van der Waals surface area contributed by atoms with E-state index in [2.05, 4.69) is 35.8 Å². The van der Waals surface area contributed by atoms with Gasteiger partial charge in [-0.2, -0.15) is 11.8 Å². The number of nitrogens with zero attached hydrogens (tertiary/aromatic N) is 1. The van der Waals surface area contributed by atoms with Crippen molar-refractivity contribution >= 4 is 11.8 Å². The van der Waals surface area contributed by atoms with E-state index >= 15 is 0 Å². The molecule has 0 radical (unpaired) electrons. The topological polar surface area (TPSA) is 15.3 Å². The second kappa shape index (κ2) is 6.44. The smallest absolute Gasteiger partial charge is 0.0303 e. The molecule has 0 aromatic rings. The fraction of sp³-hybridized carbons (Fsp3) is 1.00. The SMILES string of the molecule is CCC1(CC)CN(CC2CCSC2)CCCN1. The first-order chi connectivity index (χ1) is 8.28. The maximum Gasteiger partial charge on any atom is 0.0303 e. The molecule has 17 heavy (non-hydrogen) atoms. The molecule has 2 heterocycles. The van der Waals surface area contributed by atoms with E-state index in [1.807, 2.05) is 0 Å². The highest BCUT2D eigenvalue weighted by Crippen LogP contribution is 2.26. The Morgan fingerprint density at radius 1 is 1.35 bits per heavy atom. The fourth-order valence-electron chi connectivity index (χ4n) is 3.19. The number of nitrogens with one attached hydrogen (secondary N) is 1. The zero-order valence-electron chi connectivity index (χ0n) is 11.5. The molecule has 0 saturated carbocycles. The first kappa shape index (κ1) is 13.7. The van der Waals surface area contributed by atoms with Gasteiger partial charge in [-0.1, -0.05) is 13.8 Å². The highest BCUT2D eigenvalue weighted by atomic mass is 32.2. The molecule has 0 bridgehead atoms. The van der Waals surface area contributed by atoms with E-state index in [-0.39, 0.29) is 0 Å². The van der Waals surface area contributed by atoms with Gasteiger partial charge in [0.15, 0.2) is 0 Å². The second-order valence-electron chi connectivity index (χ2n) is 5.73. The van der Waals surface area contributed by atoms with Crippen LogP contribution in [0.3, 0.4) is 0 Å². The monoisotopic (exact) mass is 256 g/mol. The van der Waals surface area contributed by atoms with Crippen LogP contribution in [0.4, 0.5) is 0 Å². The third kappa shape index (κ3) is 3.62. The van der Waals surface area contributed by atoms with Crippen LogP contribution in [-0.4, -0.2) is 48.1 Å². The second-order valence-corrected chi connectivity index (χ2v) is 6.88. The van der Waals surface area contributed by atoms with Crippen molar-refractivity contribution in [3.8, 4) is 0 Å². The first-order valence-electron chi connectivity index (χ1n) is 7.33. The lowest BCUT2D eigenvalue weighted by Crippen LogP contribution is -2.51. The quantitative estimate of drug-likeness (QED) is 0.832. The molecular formula is C14H28N2S. The van der Waals surface area contributed by atoms with Crippen molar-refractivity contribution in [2.75, 3.05) is 37.7 Å². The average Bonchev–Trinajstić information content (AvgIpc) is 2.76. The van der Waals surface area contributed by atoms with E-state index in [1.165, 1.54) is 63.4 Å². The Labute approximate surface area is 111 Å². The molecule has 2 rings (SSSR count). The number of thioether (sulfide) groups is 1. The summed E-state index contributed by atoms with van der Waals surface area (Å²) in [7, 11) is 0. The van der Waals surface area contributed by atoms with Crippen LogP contribution in [0.15, 0.2) is 0 Å². The van der Waals surface area contributed by atoms with Gasteiger partial charge in [-0.05, 0) is 56.2 Å². The normalized spacial score (nSPS) is 30.4. The molecule has 0 aromatic carbocycles. The highest BCUT2D eigenvalue weighted by Gasteiger charge is 2.31. The Bertz CT molecular complexity index is 222. The Balaban J connectivity index is 1.91. The standard InChI is InChI=1S/C14H28N2S/c1-3-14(4-2)12-16(8-5-7-15-14)10-13-6-9-17-11-13/h13,15H,3-12H2,1-2H3. The van der Waals surface area contributed by atoms with Gasteiger partial charge in [-0.25, -0.2) is 0 Å². The van der Waals surface area contributed by atoms with E-state index in [0.717, 1.165) is 5.92 Å². The van der Waals surface area contributed by atoms with Gasteiger partial charge in [-0.3, -0.25) is 0 Å². The van der Waals surface area contributed by atoms with E-state index in [9.17, 15) is 0 Å². The molecule has 0 spiro atoms. The molecule has 2 saturated heterocycles. The van der Waals surface area contributed by atoms with Gasteiger partial charge in [0.2, 0.25) is 0 Å². The van der Waals surface area contributed by atoms with E-state index in [0.29, 0.717) is 5.54 Å². The van der Waals surface area contributed by atoms with Gasteiger partial charge in [0, 0.05) is 18.6 Å². The minimum absolute atomic E-state index is 0.391. The predicted octanol–water partition coefficient (Wildman–Crippen LogP) is 2.59. The Kier molecular flexibility index (Phi) is 5.19. The van der Waals surface area contributed by atoms with Crippen LogP contribution >= 0.6 is 11.8 Å². The maximum atomic E-state index is 3.80. The highest BCUT2D eigenvalue weighted by molar-refractivity contribution is 7.99. The fourth-order valence-corrected chi connectivity index (χ4v) is 4.46. The molecule has 0 amide bonds. The summed E-state index contributed by atoms with van der Waals surface area (Å²) >= 11 is 2.15. The van der Waals surface area contributed by atoms with Crippen molar-refractivity contribution in [1.29, 1.82) is 0 Å². The minimum atomic E-state index is 0.391. The van der Waals surface area contributed by atoms with Crippen LogP contribution in [0, 0.1) is 5.92 Å². The lowest BCUT2D eigenvalue weighted by atomic mass is 9.92. The molecule has 1 N–H and O–H groups in total. The third-order valence-corrected chi connectivity index (χ3v) is 5.80. The van der Waals surface area contributed by atoms with Crippen molar-refractivity contribution in [2.24, 2.45) is 5.92 Å². The first-order valence-corrected chi connectivity index (χ1v) is 8.48. The zero-order chi connectivity index (χ0) is 12.1. The van der Waals surface area contributed by atoms with Crippen LogP contribution in [0.25, 0.3) is 0 Å². The van der Waals surface area contributed by atoms with Crippen molar-refractivity contribution in [2.45, 2.75) is 45.1 Å². The van der Waals surface area contributed by atoms with Crippen LogP contribution in [0.1, 0.15) is 39.5 Å². The lowest BCUT2D eigenvalue weighted by molar-refractivity contribution is 0.179. The molecule has 2 aliphatic heterocycles. The Morgan fingerprint density at radius 3 is 2.82 bits per heavy atom. The molecule has 2 nitrogen and oxygen atoms in total. The lowest BCUT2D eigenvalue weighted by Gasteiger charge is -2.36. The summed E-state index contributed by atoms with van der Waals surface area (Å²) in [5.74, 6) is 3.75. The van der Waals surface area contributed by atoms with E-state index < -0.39 is 0 Å². The molecule has 1 unspecified atom stereocenters. The van der Waals surface area contributed by atoms with Crippen molar-refractivity contribution < 1.29 is 0 Å². The average molecular weight is 256 g/mol. The number of hydrogen-bond donors (Lipinski definition) is 1. The van der Waals surface area contributed by atoms with Gasteiger partial charge in [-0.15, -0.1) is 0 Å². The summed E-state index contributed by atoms with van der Waals surface area (Å²) in [4.78, 5) is 2.74. The summed E-state index contributed by atoms with van der Waals surface area (Å²) < 4.78 is 0. The molecule has 2 aliphatic rings. The van der Waals surface area contributed by atoms with Gasteiger partial charge in [0.1, 0.15) is 0 Å². The minimum Gasteiger partial charge on any atom is -0.310 e. The summed E-state index contributed by atoms with van der Waals surface area (Å²) in [6, 6.07) is 0. The number of hydrogen-bond acceptors (Lipinski definition) is 3. The predicted molar refractivity (Wildman–Crippen MR) is 77.8 cm³/mol. The van der Waals surface area contributed by atoms with Crippen molar-refractivity contribution in [3.63, 3.8) is 0 Å². The molecule has 3 heteroatoms. The summed E-state index contributed by atoms with van der Waals surface area (Å²) in [6.07, 6.45) is 5.29. The Morgan fingerprint density at radius 2 is 2.18 bits per heavy atom. The van der Waals surface area contributed by atoms with E-state index in [4.69, 9.17) is 0 Å². The number of rotatable bonds is 4. The van der Waals surface area contributed by atoms with Gasteiger partial charge in [0.25, 0.3) is 0 Å². The Hall–Kier alpha value is 0.270. The van der Waals surface area contributed by atoms with Gasteiger partial charge in [0.05, 0.1) is 0 Å². The molecule has 0 aromatic heterocycles. The van der Waals surface area contributed by atoms with Crippen LogP contribution in [0.2, 0.25) is 0 Å². The maximum absolute atomic E-state index is 3.80. The van der Waals surface area contributed by atoms with Crippen molar-refractivity contribution in [1.82, 2.24) is 10.2 Å². The molecule has 2 fully saturated rings.